The molecule has 0 bridgehead atoms. The van der Waals surface area contributed by atoms with Crippen LogP contribution in [-0.4, -0.2) is 15.0 Å². The van der Waals surface area contributed by atoms with Crippen molar-refractivity contribution < 1.29 is 17.2 Å². The van der Waals surface area contributed by atoms with Crippen LogP contribution in [0.4, 0.5) is 20.2 Å². The van der Waals surface area contributed by atoms with Gasteiger partial charge in [0.25, 0.3) is 10.0 Å². The average Bonchev–Trinajstić information content (AvgIpc) is 2.81. The zero-order chi connectivity index (χ0) is 15.2. The molecule has 0 radical (unpaired) electrons. The summed E-state index contributed by atoms with van der Waals surface area (Å²) < 4.78 is 53.5. The number of nitrogen functional groups attached to an aromatic ring is 1. The number of halogens is 2. The van der Waals surface area contributed by atoms with Gasteiger partial charge in [0.05, 0.1) is 11.4 Å². The number of benzene rings is 2. The van der Waals surface area contributed by atoms with E-state index < -0.39 is 26.6 Å². The number of nitrogens with two attached hydrogens (primary N) is 1. The van der Waals surface area contributed by atoms with Crippen LogP contribution in [0.1, 0.15) is 5.56 Å². The van der Waals surface area contributed by atoms with Gasteiger partial charge in [-0.05, 0) is 36.2 Å². The number of hydrogen-bond acceptors (Lipinski definition) is 3. The molecule has 0 unspecified atom stereocenters. The molecule has 0 spiro atoms. The summed E-state index contributed by atoms with van der Waals surface area (Å²) in [6.07, 6.45) is 0.448. The second-order valence-electron chi connectivity index (χ2n) is 4.76. The molecule has 0 aliphatic carbocycles. The number of hydrogen-bond donors (Lipinski definition) is 1. The Hall–Kier alpha value is -2.15. The lowest BCUT2D eigenvalue weighted by molar-refractivity contribution is 0.566. The van der Waals surface area contributed by atoms with E-state index in [-0.39, 0.29) is 17.9 Å². The molecule has 0 fully saturated rings. The van der Waals surface area contributed by atoms with E-state index in [0.29, 0.717) is 12.0 Å². The highest BCUT2D eigenvalue weighted by Crippen LogP contribution is 2.35. The van der Waals surface area contributed by atoms with E-state index in [9.17, 15) is 17.2 Å². The molecule has 4 nitrogen and oxygen atoms in total. The monoisotopic (exact) mass is 310 g/mol. The Bertz CT molecular complexity index is 801. The lowest BCUT2D eigenvalue weighted by Crippen LogP contribution is -2.30. The van der Waals surface area contributed by atoms with E-state index in [2.05, 4.69) is 0 Å². The van der Waals surface area contributed by atoms with Crippen molar-refractivity contribution >= 4 is 21.4 Å². The van der Waals surface area contributed by atoms with Crippen LogP contribution in [0.5, 0.6) is 0 Å². The predicted molar refractivity (Wildman–Crippen MR) is 75.4 cm³/mol. The highest BCUT2D eigenvalue weighted by Gasteiger charge is 2.34. The molecular formula is C14H12F2N2O2S. The van der Waals surface area contributed by atoms with Gasteiger partial charge in [-0.2, -0.15) is 0 Å². The van der Waals surface area contributed by atoms with Crippen molar-refractivity contribution in [3.8, 4) is 0 Å². The Balaban J connectivity index is 2.16. The zero-order valence-electron chi connectivity index (χ0n) is 10.9. The highest BCUT2D eigenvalue weighted by atomic mass is 32.2. The molecule has 3 rings (SSSR count). The zero-order valence-corrected chi connectivity index (χ0v) is 11.7. The third-order valence-corrected chi connectivity index (χ3v) is 5.35. The maximum atomic E-state index is 13.9. The quantitative estimate of drug-likeness (QED) is 0.866. The van der Waals surface area contributed by atoms with Crippen LogP contribution in [0.25, 0.3) is 0 Å². The van der Waals surface area contributed by atoms with Crippen molar-refractivity contribution in [2.24, 2.45) is 0 Å². The smallest absolute Gasteiger partial charge is 0.269 e. The van der Waals surface area contributed by atoms with E-state index >= 15 is 0 Å². The minimum Gasteiger partial charge on any atom is -0.398 e. The fourth-order valence-electron chi connectivity index (χ4n) is 2.48. The van der Waals surface area contributed by atoms with E-state index in [1.165, 1.54) is 24.3 Å². The second kappa shape index (κ2) is 4.70. The van der Waals surface area contributed by atoms with Crippen LogP contribution in [0.3, 0.4) is 0 Å². The van der Waals surface area contributed by atoms with Gasteiger partial charge in [-0.1, -0.05) is 12.1 Å². The van der Waals surface area contributed by atoms with Crippen molar-refractivity contribution in [1.82, 2.24) is 0 Å². The molecule has 110 valence electrons. The molecule has 0 aromatic heterocycles. The fraction of sp³-hybridized carbons (Fsp3) is 0.143. The first kappa shape index (κ1) is 13.8. The van der Waals surface area contributed by atoms with Crippen molar-refractivity contribution in [3.63, 3.8) is 0 Å². The highest BCUT2D eigenvalue weighted by molar-refractivity contribution is 7.93. The second-order valence-corrected chi connectivity index (χ2v) is 6.56. The van der Waals surface area contributed by atoms with Gasteiger partial charge in [-0.25, -0.2) is 17.2 Å². The minimum absolute atomic E-state index is 0.134. The molecule has 1 aliphatic heterocycles. The van der Waals surface area contributed by atoms with Gasteiger partial charge >= 0.3 is 0 Å². The number of rotatable bonds is 2. The molecule has 0 saturated heterocycles. The topological polar surface area (TPSA) is 63.4 Å². The molecule has 1 aliphatic rings. The van der Waals surface area contributed by atoms with Gasteiger partial charge < -0.3 is 5.73 Å². The maximum absolute atomic E-state index is 13.9. The van der Waals surface area contributed by atoms with Crippen LogP contribution >= 0.6 is 0 Å². The molecule has 0 atom stereocenters. The van der Waals surface area contributed by atoms with Gasteiger partial charge in [0.1, 0.15) is 16.5 Å². The van der Waals surface area contributed by atoms with Crippen molar-refractivity contribution in [2.45, 2.75) is 11.3 Å². The first-order valence-corrected chi connectivity index (χ1v) is 7.70. The molecule has 2 aromatic carbocycles. The Kier molecular flexibility index (Phi) is 3.09. The summed E-state index contributed by atoms with van der Waals surface area (Å²) in [5.41, 5.74) is 6.38. The summed E-state index contributed by atoms with van der Waals surface area (Å²) in [5.74, 6) is -1.46. The van der Waals surface area contributed by atoms with Crippen LogP contribution in [0.15, 0.2) is 41.3 Å². The van der Waals surface area contributed by atoms with E-state index in [4.69, 9.17) is 5.73 Å². The number of fused-ring (bicyclic) bond motifs is 1. The lowest BCUT2D eigenvalue weighted by Gasteiger charge is -2.20. The molecule has 7 heteroatoms. The van der Waals surface area contributed by atoms with E-state index in [0.717, 1.165) is 16.4 Å². The fourth-order valence-corrected chi connectivity index (χ4v) is 4.14. The molecule has 2 N–H and O–H groups in total. The van der Waals surface area contributed by atoms with E-state index in [1.54, 1.807) is 0 Å². The number of nitrogens with zero attached hydrogens (tertiary/aromatic N) is 1. The molecule has 21 heavy (non-hydrogen) atoms. The van der Waals surface area contributed by atoms with Crippen LogP contribution in [-0.2, 0) is 16.4 Å². The maximum Gasteiger partial charge on any atom is 0.269 e. The van der Waals surface area contributed by atoms with Gasteiger partial charge in [0.2, 0.25) is 0 Å². The first-order chi connectivity index (χ1) is 9.91. The Labute approximate surface area is 120 Å². The summed E-state index contributed by atoms with van der Waals surface area (Å²) in [4.78, 5) is -0.567. The third kappa shape index (κ3) is 2.13. The lowest BCUT2D eigenvalue weighted by atomic mass is 10.2. The van der Waals surface area contributed by atoms with Crippen LogP contribution in [0.2, 0.25) is 0 Å². The summed E-state index contributed by atoms with van der Waals surface area (Å²) in [7, 11) is -4.16. The molecule has 0 amide bonds. The van der Waals surface area contributed by atoms with Gasteiger partial charge in [-0.3, -0.25) is 4.31 Å². The number of anilines is 2. The number of sulfonamides is 1. The normalized spacial score (nSPS) is 14.3. The van der Waals surface area contributed by atoms with Crippen molar-refractivity contribution in [2.75, 3.05) is 16.6 Å². The molecule has 2 aromatic rings. The summed E-state index contributed by atoms with van der Waals surface area (Å²) in [6, 6.07) is 7.62. The summed E-state index contributed by atoms with van der Waals surface area (Å²) in [6.45, 7) is 0.134. The summed E-state index contributed by atoms with van der Waals surface area (Å²) >= 11 is 0. The first-order valence-electron chi connectivity index (χ1n) is 6.26. The van der Waals surface area contributed by atoms with Crippen LogP contribution < -0.4 is 10.0 Å². The predicted octanol–water partition coefficient (Wildman–Crippen LogP) is 2.30. The average molecular weight is 310 g/mol. The van der Waals surface area contributed by atoms with Gasteiger partial charge in [0.15, 0.2) is 0 Å². The molecular weight excluding hydrogens is 298 g/mol. The largest absolute Gasteiger partial charge is 0.398 e. The summed E-state index contributed by atoms with van der Waals surface area (Å²) in [5, 5.41) is 0. The Morgan fingerprint density at radius 3 is 2.62 bits per heavy atom. The Morgan fingerprint density at radius 1 is 1.14 bits per heavy atom. The minimum atomic E-state index is -4.16. The van der Waals surface area contributed by atoms with E-state index in [1.807, 2.05) is 0 Å². The van der Waals surface area contributed by atoms with Crippen molar-refractivity contribution in [1.29, 1.82) is 0 Å². The molecule has 1 heterocycles. The van der Waals surface area contributed by atoms with Gasteiger partial charge in [0, 0.05) is 6.54 Å². The standard InChI is InChI=1S/C14H12F2N2O2S/c15-10-5-4-9-6-7-18(13(9)8-10)21(19,20)14-11(16)2-1-3-12(14)17/h1-5,8H,6-7,17H2. The van der Waals surface area contributed by atoms with Crippen molar-refractivity contribution in [3.05, 3.63) is 53.6 Å². The third-order valence-electron chi connectivity index (χ3n) is 3.45. The molecule has 0 saturated carbocycles. The Morgan fingerprint density at radius 2 is 1.90 bits per heavy atom. The SMILES string of the molecule is Nc1cccc(F)c1S(=O)(=O)N1CCc2ccc(F)cc21. The van der Waals surface area contributed by atoms with Crippen LogP contribution in [0, 0.1) is 11.6 Å². The van der Waals surface area contributed by atoms with Gasteiger partial charge in [-0.15, -0.1) is 0 Å².